The van der Waals surface area contributed by atoms with Gasteiger partial charge in [0.15, 0.2) is 0 Å². The van der Waals surface area contributed by atoms with Crippen LogP contribution in [0.3, 0.4) is 0 Å². The molecule has 1 rings (SSSR count). The first-order valence-electron chi connectivity index (χ1n) is 9.88. The number of rotatable bonds is 11. The maximum absolute atomic E-state index is 13.6. The van der Waals surface area contributed by atoms with Gasteiger partial charge in [0.25, 0.3) is 0 Å². The van der Waals surface area contributed by atoms with Crippen LogP contribution < -0.4 is 0 Å². The van der Waals surface area contributed by atoms with Crippen molar-refractivity contribution in [2.75, 3.05) is 6.67 Å². The lowest BCUT2D eigenvalue weighted by molar-refractivity contribution is -0.138. The molecule has 27 heavy (non-hydrogen) atoms. The number of benzene rings is 1. The highest BCUT2D eigenvalue weighted by Gasteiger charge is 2.33. The van der Waals surface area contributed by atoms with Crippen LogP contribution >= 0.6 is 0 Å². The number of halogens is 4. The molecule has 0 N–H and O–H groups in total. The van der Waals surface area contributed by atoms with Crippen molar-refractivity contribution in [3.05, 3.63) is 58.7 Å². The molecular formula is C23H32F4. The zero-order chi connectivity index (χ0) is 20.3. The predicted molar refractivity (Wildman–Crippen MR) is 106 cm³/mol. The standard InChI is InChI=1S/C23H32F4/c1-4-5-11-19(12-9-7-6-8-10-15-24)16-21-14-13-20(18(2)3)17-22(21)23(25,26)27/h6,8,12-14,17-18H,4-5,7,9-11,15-16H2,1-3H3/b8-6+,19-12-. The Morgan fingerprint density at radius 2 is 1.78 bits per heavy atom. The molecule has 0 aromatic heterocycles. The van der Waals surface area contributed by atoms with E-state index in [0.717, 1.165) is 37.7 Å². The maximum atomic E-state index is 13.6. The minimum Gasteiger partial charge on any atom is -0.251 e. The quantitative estimate of drug-likeness (QED) is 0.205. The summed E-state index contributed by atoms with van der Waals surface area (Å²) in [6.45, 7) is 5.52. The molecule has 0 nitrogen and oxygen atoms in total. The Bertz CT molecular complexity index is 609. The molecule has 0 unspecified atom stereocenters. The highest BCUT2D eigenvalue weighted by Crippen LogP contribution is 2.35. The van der Waals surface area contributed by atoms with Crippen molar-refractivity contribution in [3.8, 4) is 0 Å². The van der Waals surface area contributed by atoms with E-state index in [1.165, 1.54) is 6.07 Å². The molecule has 0 bridgehead atoms. The van der Waals surface area contributed by atoms with Gasteiger partial charge >= 0.3 is 6.18 Å². The van der Waals surface area contributed by atoms with Crippen molar-refractivity contribution in [1.82, 2.24) is 0 Å². The Kier molecular flexibility index (Phi) is 10.4. The van der Waals surface area contributed by atoms with E-state index in [0.29, 0.717) is 24.0 Å². The molecule has 0 aliphatic heterocycles. The first kappa shape index (κ1) is 23.5. The fourth-order valence-electron chi connectivity index (χ4n) is 2.96. The van der Waals surface area contributed by atoms with Gasteiger partial charge in [-0.3, -0.25) is 4.39 Å². The number of hydrogen-bond donors (Lipinski definition) is 0. The molecule has 0 fully saturated rings. The summed E-state index contributed by atoms with van der Waals surface area (Å²) in [5.41, 5.74) is 1.60. The van der Waals surface area contributed by atoms with Crippen molar-refractivity contribution in [2.45, 2.75) is 77.8 Å². The predicted octanol–water partition coefficient (Wildman–Crippen LogP) is 8.18. The lowest BCUT2D eigenvalue weighted by Crippen LogP contribution is -2.11. The van der Waals surface area contributed by atoms with Crippen molar-refractivity contribution in [1.29, 1.82) is 0 Å². The van der Waals surface area contributed by atoms with Crippen LogP contribution in [0.25, 0.3) is 0 Å². The third-order valence-electron chi connectivity index (χ3n) is 4.58. The van der Waals surface area contributed by atoms with Gasteiger partial charge in [-0.1, -0.05) is 63.1 Å². The summed E-state index contributed by atoms with van der Waals surface area (Å²) in [6, 6.07) is 4.75. The van der Waals surface area contributed by atoms with Crippen LogP contribution in [0.15, 0.2) is 42.0 Å². The second-order valence-corrected chi connectivity index (χ2v) is 7.24. The van der Waals surface area contributed by atoms with E-state index in [4.69, 9.17) is 0 Å². The number of unbranched alkanes of at least 4 members (excludes halogenated alkanes) is 2. The van der Waals surface area contributed by atoms with Crippen LogP contribution in [-0.2, 0) is 12.6 Å². The number of allylic oxidation sites excluding steroid dienone is 4. The molecule has 0 aliphatic rings. The first-order valence-corrected chi connectivity index (χ1v) is 9.88. The van der Waals surface area contributed by atoms with Crippen LogP contribution in [0, 0.1) is 0 Å². The average Bonchev–Trinajstić information content (AvgIpc) is 2.61. The highest BCUT2D eigenvalue weighted by molar-refractivity contribution is 5.38. The molecule has 0 heterocycles. The van der Waals surface area contributed by atoms with Crippen molar-refractivity contribution >= 4 is 0 Å². The van der Waals surface area contributed by atoms with Gasteiger partial charge in [0.05, 0.1) is 12.2 Å². The van der Waals surface area contributed by atoms with Gasteiger partial charge in [0.1, 0.15) is 0 Å². The smallest absolute Gasteiger partial charge is 0.251 e. The molecule has 0 amide bonds. The topological polar surface area (TPSA) is 0 Å². The third-order valence-corrected chi connectivity index (χ3v) is 4.58. The second-order valence-electron chi connectivity index (χ2n) is 7.24. The summed E-state index contributed by atoms with van der Waals surface area (Å²) >= 11 is 0. The maximum Gasteiger partial charge on any atom is 0.416 e. The Labute approximate surface area is 161 Å². The van der Waals surface area contributed by atoms with Gasteiger partial charge < -0.3 is 0 Å². The molecule has 1 aromatic rings. The van der Waals surface area contributed by atoms with Crippen LogP contribution in [0.4, 0.5) is 17.6 Å². The Morgan fingerprint density at radius 3 is 2.37 bits per heavy atom. The van der Waals surface area contributed by atoms with Gasteiger partial charge in [-0.2, -0.15) is 13.2 Å². The summed E-state index contributed by atoms with van der Waals surface area (Å²) < 4.78 is 52.7. The van der Waals surface area contributed by atoms with Crippen molar-refractivity contribution in [3.63, 3.8) is 0 Å². The fourth-order valence-corrected chi connectivity index (χ4v) is 2.96. The van der Waals surface area contributed by atoms with Crippen LogP contribution in [0.5, 0.6) is 0 Å². The van der Waals surface area contributed by atoms with E-state index in [1.54, 1.807) is 6.07 Å². The molecule has 1 aromatic carbocycles. The summed E-state index contributed by atoms with van der Waals surface area (Å²) in [6.07, 6.45) is 6.57. The van der Waals surface area contributed by atoms with Crippen LogP contribution in [0.2, 0.25) is 0 Å². The summed E-state index contributed by atoms with van der Waals surface area (Å²) in [5, 5.41) is 0. The molecule has 152 valence electrons. The first-order chi connectivity index (χ1) is 12.8. The molecule has 0 atom stereocenters. The van der Waals surface area contributed by atoms with Crippen LogP contribution in [0.1, 0.15) is 81.9 Å². The Morgan fingerprint density at radius 1 is 1.07 bits per heavy atom. The lowest BCUT2D eigenvalue weighted by atomic mass is 9.92. The normalized spacial score (nSPS) is 13.1. The van der Waals surface area contributed by atoms with Crippen molar-refractivity contribution < 1.29 is 17.6 Å². The van der Waals surface area contributed by atoms with Gasteiger partial charge in [-0.25, -0.2) is 0 Å². The molecule has 0 spiro atoms. The highest BCUT2D eigenvalue weighted by atomic mass is 19.4. The van der Waals surface area contributed by atoms with Crippen LogP contribution in [-0.4, -0.2) is 6.67 Å². The molecule has 0 saturated carbocycles. The number of alkyl halides is 4. The zero-order valence-electron chi connectivity index (χ0n) is 16.7. The van der Waals surface area contributed by atoms with Gasteiger partial charge in [0.2, 0.25) is 0 Å². The lowest BCUT2D eigenvalue weighted by Gasteiger charge is -2.17. The van der Waals surface area contributed by atoms with Crippen molar-refractivity contribution in [2.24, 2.45) is 0 Å². The monoisotopic (exact) mass is 384 g/mol. The Balaban J connectivity index is 2.99. The summed E-state index contributed by atoms with van der Waals surface area (Å²) in [7, 11) is 0. The van der Waals surface area contributed by atoms with E-state index >= 15 is 0 Å². The second kappa shape index (κ2) is 12.0. The van der Waals surface area contributed by atoms with E-state index in [-0.39, 0.29) is 12.6 Å². The average molecular weight is 385 g/mol. The Hall–Kier alpha value is -1.58. The molecule has 0 radical (unpaired) electrons. The summed E-state index contributed by atoms with van der Waals surface area (Å²) in [4.78, 5) is 0. The molecule has 4 heteroatoms. The fraction of sp³-hybridized carbons (Fsp3) is 0.565. The molecule has 0 aliphatic carbocycles. The van der Waals surface area contributed by atoms with Gasteiger partial charge in [-0.05, 0) is 61.6 Å². The SMILES string of the molecule is CCCC/C(=C/CC/C=C/CCF)Cc1ccc(C(C)C)cc1C(F)(F)F. The molecular weight excluding hydrogens is 352 g/mol. The van der Waals surface area contributed by atoms with E-state index in [1.807, 2.05) is 32.1 Å². The minimum atomic E-state index is -4.34. The van der Waals surface area contributed by atoms with E-state index in [2.05, 4.69) is 13.0 Å². The van der Waals surface area contributed by atoms with E-state index in [9.17, 15) is 17.6 Å². The minimum absolute atomic E-state index is 0.0614. The van der Waals surface area contributed by atoms with Gasteiger partial charge in [0, 0.05) is 0 Å². The summed E-state index contributed by atoms with van der Waals surface area (Å²) in [5.74, 6) is 0.0614. The third kappa shape index (κ3) is 8.77. The largest absolute Gasteiger partial charge is 0.416 e. The van der Waals surface area contributed by atoms with E-state index < -0.39 is 11.7 Å². The molecule has 0 saturated heterocycles. The van der Waals surface area contributed by atoms with Gasteiger partial charge in [-0.15, -0.1) is 0 Å². The zero-order valence-corrected chi connectivity index (χ0v) is 16.7. The number of hydrogen-bond acceptors (Lipinski definition) is 0.